The van der Waals surface area contributed by atoms with Crippen LogP contribution in [0.5, 0.6) is 5.75 Å². The van der Waals surface area contributed by atoms with Gasteiger partial charge in [0.05, 0.1) is 24.5 Å². The number of aromatic nitrogens is 2. The van der Waals surface area contributed by atoms with Gasteiger partial charge in [-0.3, -0.25) is 34.0 Å². The Kier molecular flexibility index (Phi) is 13.6. The Balaban J connectivity index is 1.16. The van der Waals surface area contributed by atoms with Crippen LogP contribution in [0.1, 0.15) is 103 Å². The van der Waals surface area contributed by atoms with E-state index in [-0.39, 0.29) is 61.4 Å². The SMILES string of the molecule is CCn1c(-c2cccnc2C(C)C)c2c3cc(ccc31)-c1cc(O)cc(c1)C[C@H](NC(=O)[C@H](C(C)C)N(C)C(=O)CN(C)C(=O)C1C[C@@H]3C[C@@H]3C1)C(=O)N1CCC[C@H](N1)C(=O)OCC(C)(C)C2. The van der Waals surface area contributed by atoms with Gasteiger partial charge in [-0.1, -0.05) is 53.7 Å². The summed E-state index contributed by atoms with van der Waals surface area (Å²) in [7, 11) is 3.20. The number of aryl methyl sites for hydroxylation is 1. The van der Waals surface area contributed by atoms with E-state index in [4.69, 9.17) is 9.72 Å². The van der Waals surface area contributed by atoms with E-state index in [0.29, 0.717) is 43.2 Å². The van der Waals surface area contributed by atoms with Crippen molar-refractivity contribution >= 4 is 40.5 Å². The van der Waals surface area contributed by atoms with E-state index in [2.05, 4.69) is 68.1 Å². The summed E-state index contributed by atoms with van der Waals surface area (Å²) in [4.78, 5) is 78.0. The Morgan fingerprint density at radius 1 is 1.00 bits per heavy atom. The molecule has 3 fully saturated rings. The van der Waals surface area contributed by atoms with Crippen LogP contribution in [-0.4, -0.2) is 111 Å². The minimum atomic E-state index is -1.16. The number of hydrogen-bond donors (Lipinski definition) is 3. The zero-order valence-electron chi connectivity index (χ0n) is 40.7. The number of ether oxygens (including phenoxy) is 1. The first-order valence-corrected chi connectivity index (χ1v) is 24.3. The summed E-state index contributed by atoms with van der Waals surface area (Å²) < 4.78 is 8.45. The molecule has 4 heterocycles. The number of esters is 1. The standard InChI is InChI=1S/C53H69N7O7/c1-10-59-44-16-15-33-26-40(44)41(48(59)39-13-11-17-54-46(39)30(2)3)27-53(6,7)29-67-52(66)42-14-12-18-60(56-42)51(65)43(21-32-19-34(33)25-38(61)20-32)55-49(63)47(31(4)5)58(9)45(62)28-57(8)50(64)37-23-35-22-36(35)24-37/h11,13,15-17,19-20,25-26,30-31,35-37,42-43,47,56,61H,10,12,14,18,21-24,27-29H2,1-9H3,(H,55,63)/t35-,36+,37?,42-,43-,47-/m0/s1. The average molecular weight is 916 g/mol. The average Bonchev–Trinajstić information content (AvgIpc) is 3.78. The molecule has 4 amide bonds. The van der Waals surface area contributed by atoms with Gasteiger partial charge in [0.2, 0.25) is 17.7 Å². The van der Waals surface area contributed by atoms with E-state index < -0.39 is 41.3 Å². The number of phenolic OH excluding ortho intramolecular Hbond substituents is 1. The number of carbonyl (C=O) groups is 5. The number of hydrogen-bond acceptors (Lipinski definition) is 9. The number of amides is 4. The number of cyclic esters (lactones) is 1. The number of rotatable bonds is 10. The lowest BCUT2D eigenvalue weighted by Crippen LogP contribution is -2.62. The number of aromatic hydroxyl groups is 1. The molecule has 0 spiro atoms. The van der Waals surface area contributed by atoms with Gasteiger partial charge in [-0.05, 0) is 128 Å². The van der Waals surface area contributed by atoms with Gasteiger partial charge >= 0.3 is 5.97 Å². The summed E-state index contributed by atoms with van der Waals surface area (Å²) in [5.41, 5.74) is 10.1. The molecule has 1 saturated heterocycles. The molecule has 2 aliphatic carbocycles. The highest BCUT2D eigenvalue weighted by Crippen LogP contribution is 2.54. The van der Waals surface area contributed by atoms with Gasteiger partial charge < -0.3 is 29.5 Å². The molecule has 14 heteroatoms. The maximum atomic E-state index is 14.7. The molecule has 2 saturated carbocycles. The molecule has 358 valence electrons. The zero-order chi connectivity index (χ0) is 48.1. The molecule has 0 radical (unpaired) electrons. The van der Waals surface area contributed by atoms with Gasteiger partial charge in [-0.15, -0.1) is 0 Å². The van der Waals surface area contributed by atoms with E-state index in [9.17, 15) is 29.1 Å². The van der Waals surface area contributed by atoms with Crippen LogP contribution >= 0.6 is 0 Å². The highest BCUT2D eigenvalue weighted by molar-refractivity contribution is 5.96. The Morgan fingerprint density at radius 3 is 2.45 bits per heavy atom. The first kappa shape index (κ1) is 47.7. The molecule has 4 aliphatic rings. The van der Waals surface area contributed by atoms with E-state index in [1.165, 1.54) is 21.2 Å². The van der Waals surface area contributed by atoms with E-state index in [1.54, 1.807) is 26.2 Å². The highest BCUT2D eigenvalue weighted by Gasteiger charge is 2.49. The van der Waals surface area contributed by atoms with Crippen molar-refractivity contribution in [3.63, 3.8) is 0 Å². The largest absolute Gasteiger partial charge is 0.508 e. The Bertz CT molecular complexity index is 2550. The summed E-state index contributed by atoms with van der Waals surface area (Å²) in [6.45, 7) is 15.2. The molecule has 8 rings (SSSR count). The molecule has 2 aliphatic heterocycles. The molecule has 1 unspecified atom stereocenters. The smallest absolute Gasteiger partial charge is 0.324 e. The first-order valence-electron chi connectivity index (χ1n) is 24.3. The molecule has 3 N–H and O–H groups in total. The maximum absolute atomic E-state index is 14.7. The van der Waals surface area contributed by atoms with Gasteiger partial charge in [0.1, 0.15) is 23.9 Å². The van der Waals surface area contributed by atoms with Crippen LogP contribution in [0.15, 0.2) is 54.7 Å². The molecule has 4 aromatic rings. The van der Waals surface area contributed by atoms with Crippen molar-refractivity contribution in [1.29, 1.82) is 0 Å². The second kappa shape index (κ2) is 19.1. The van der Waals surface area contributed by atoms with E-state index in [0.717, 1.165) is 57.4 Å². The minimum Gasteiger partial charge on any atom is -0.508 e. The van der Waals surface area contributed by atoms with E-state index >= 15 is 0 Å². The molecule has 2 aromatic carbocycles. The number of nitrogens with zero attached hydrogens (tertiary/aromatic N) is 5. The number of fused-ring (bicyclic) bond motifs is 7. The summed E-state index contributed by atoms with van der Waals surface area (Å²) in [6, 6.07) is 12.7. The first-order chi connectivity index (χ1) is 31.8. The Morgan fingerprint density at radius 2 is 1.75 bits per heavy atom. The molecule has 2 aromatic heterocycles. The van der Waals surface area contributed by atoms with Crippen molar-refractivity contribution < 1.29 is 33.8 Å². The van der Waals surface area contributed by atoms with Crippen LogP contribution in [0.25, 0.3) is 33.3 Å². The third-order valence-electron chi connectivity index (χ3n) is 14.5. The van der Waals surface area contributed by atoms with Gasteiger partial charge in [0, 0.05) is 67.6 Å². The van der Waals surface area contributed by atoms with E-state index in [1.807, 2.05) is 38.2 Å². The topological polar surface area (TPSA) is 166 Å². The quantitative estimate of drug-likeness (QED) is 0.144. The predicted octanol–water partition coefficient (Wildman–Crippen LogP) is 6.86. The van der Waals surface area contributed by atoms with Crippen molar-refractivity contribution in [2.24, 2.45) is 29.1 Å². The van der Waals surface area contributed by atoms with Gasteiger partial charge in [-0.2, -0.15) is 0 Å². The fraction of sp³-hybridized carbons (Fsp3) is 0.547. The van der Waals surface area contributed by atoms with Crippen LogP contribution in [-0.2, 0) is 48.1 Å². The molecule has 14 nitrogen and oxygen atoms in total. The lowest BCUT2D eigenvalue weighted by Gasteiger charge is -2.37. The number of nitrogens with one attached hydrogen (secondary N) is 2. The molecular weight excluding hydrogens is 847 g/mol. The normalized spacial score (nSPS) is 23.1. The van der Waals surface area contributed by atoms with Crippen molar-refractivity contribution in [2.75, 3.05) is 33.8 Å². The fourth-order valence-corrected chi connectivity index (χ4v) is 11.0. The second-order valence-corrected chi connectivity index (χ2v) is 21.1. The Labute approximate surface area is 394 Å². The molecule has 6 atom stereocenters. The Hall–Kier alpha value is -5.76. The minimum absolute atomic E-state index is 0.000607. The monoisotopic (exact) mass is 916 g/mol. The summed E-state index contributed by atoms with van der Waals surface area (Å²) in [6.07, 6.45) is 6.31. The van der Waals surface area contributed by atoms with Crippen molar-refractivity contribution in [3.8, 4) is 28.1 Å². The number of likely N-dealkylation sites (N-methyl/N-ethyl adjacent to an activating group) is 2. The van der Waals surface area contributed by atoms with Crippen LogP contribution in [0.3, 0.4) is 0 Å². The number of hydrazine groups is 1. The third kappa shape index (κ3) is 9.96. The molecule has 67 heavy (non-hydrogen) atoms. The van der Waals surface area contributed by atoms with Crippen LogP contribution in [0.4, 0.5) is 0 Å². The molecule has 6 bridgehead atoms. The number of benzene rings is 2. The van der Waals surface area contributed by atoms with Gasteiger partial charge in [0.25, 0.3) is 5.91 Å². The van der Waals surface area contributed by atoms with Gasteiger partial charge in [0.15, 0.2) is 0 Å². The summed E-state index contributed by atoms with van der Waals surface area (Å²) in [5.74, 6) is -0.893. The fourth-order valence-electron chi connectivity index (χ4n) is 11.0. The van der Waals surface area contributed by atoms with Crippen LogP contribution in [0.2, 0.25) is 0 Å². The lowest BCUT2D eigenvalue weighted by atomic mass is 9.83. The third-order valence-corrected chi connectivity index (χ3v) is 14.5. The van der Waals surface area contributed by atoms with Crippen molar-refractivity contribution in [1.82, 2.24) is 35.1 Å². The summed E-state index contributed by atoms with van der Waals surface area (Å²) in [5, 5.41) is 16.8. The highest BCUT2D eigenvalue weighted by atomic mass is 16.5. The van der Waals surface area contributed by atoms with Crippen molar-refractivity contribution in [2.45, 2.75) is 124 Å². The second-order valence-electron chi connectivity index (χ2n) is 21.1. The number of pyridine rings is 1. The zero-order valence-corrected chi connectivity index (χ0v) is 40.7. The van der Waals surface area contributed by atoms with Crippen LogP contribution in [0, 0.1) is 29.1 Å². The number of phenols is 1. The van der Waals surface area contributed by atoms with Crippen molar-refractivity contribution in [3.05, 3.63) is 71.5 Å². The lowest BCUT2D eigenvalue weighted by molar-refractivity contribution is -0.155. The van der Waals surface area contributed by atoms with Gasteiger partial charge in [-0.25, -0.2) is 5.43 Å². The maximum Gasteiger partial charge on any atom is 0.324 e. The predicted molar refractivity (Wildman–Crippen MR) is 257 cm³/mol. The summed E-state index contributed by atoms with van der Waals surface area (Å²) >= 11 is 0. The molecular formula is C53H69N7O7. The number of carbonyl (C=O) groups excluding carboxylic acids is 5. The van der Waals surface area contributed by atoms with Crippen LogP contribution < -0.4 is 10.7 Å².